The molecule has 0 aromatic heterocycles. The fourth-order valence-corrected chi connectivity index (χ4v) is 1.97. The number of esters is 1. The molecule has 102 valence electrons. The van der Waals surface area contributed by atoms with E-state index in [0.29, 0.717) is 5.56 Å². The number of aliphatic hydroxyl groups is 2. The Hall–Kier alpha value is -1.07. The van der Waals surface area contributed by atoms with Crippen LogP contribution in [0.2, 0.25) is 0 Å². The third-order valence-corrected chi connectivity index (χ3v) is 3.47. The first-order valence-electron chi connectivity index (χ1n) is 6.68. The summed E-state index contributed by atoms with van der Waals surface area (Å²) in [6.07, 6.45) is 0.127. The second-order valence-electron chi connectivity index (χ2n) is 6.52. The van der Waals surface area contributed by atoms with Gasteiger partial charge in [-0.05, 0) is 18.6 Å². The number of benzene rings is 1. The number of carbonyl (C=O) groups excluding carboxylic acids is 1. The quantitative estimate of drug-likeness (QED) is 0.417. The monoisotopic (exact) mass is 270 g/mol. The minimum absolute atomic E-state index is 0.127. The van der Waals surface area contributed by atoms with Gasteiger partial charge in [-0.3, -0.25) is 0 Å². The molecule has 4 nitrogen and oxygen atoms in total. The van der Waals surface area contributed by atoms with Crippen LogP contribution in [-0.2, 0) is 4.74 Å². The zero-order valence-corrected chi connectivity index (χ0v) is 12.8. The van der Waals surface area contributed by atoms with Gasteiger partial charge in [0.25, 0.3) is 0 Å². The molecule has 1 atom stereocenters. The van der Waals surface area contributed by atoms with Gasteiger partial charge in [0.1, 0.15) is 39.2 Å². The summed E-state index contributed by atoms with van der Waals surface area (Å²) in [5, 5.41) is 18.1. The topological polar surface area (TPSA) is 66.8 Å². The van der Waals surface area contributed by atoms with Crippen LogP contribution in [0.15, 0.2) is 30.3 Å². The minimum atomic E-state index is -1.37. The molecule has 2 N–H and O–H groups in total. The van der Waals surface area contributed by atoms with Gasteiger partial charge in [-0.2, -0.15) is 0 Å². The molecule has 0 fully saturated rings. The third-order valence-electron chi connectivity index (χ3n) is 3.47. The average Bonchev–Trinajstić information content (AvgIpc) is 2.26. The molecule has 0 radical (unpaired) electrons. The van der Waals surface area contributed by atoms with Crippen molar-refractivity contribution in [3.63, 3.8) is 0 Å². The van der Waals surface area contributed by atoms with Gasteiger partial charge >= 0.3 is 5.97 Å². The standard InChI is InChI=1S/C11H19B5O4/c12-9(18,11(15,16)19)6-10(13,14)20-8(17)7-4-2-1-3-5-7/h1-5,18-19H,6,12-16H2. The van der Waals surface area contributed by atoms with Crippen molar-refractivity contribution in [2.45, 2.75) is 22.7 Å². The van der Waals surface area contributed by atoms with Gasteiger partial charge in [-0.25, -0.2) is 4.79 Å². The molecule has 0 spiro atoms. The predicted molar refractivity (Wildman–Crippen MR) is 91.8 cm³/mol. The maximum absolute atomic E-state index is 12.0. The van der Waals surface area contributed by atoms with E-state index in [0.717, 1.165) is 0 Å². The Labute approximate surface area is 124 Å². The van der Waals surface area contributed by atoms with Crippen molar-refractivity contribution < 1.29 is 19.7 Å². The highest BCUT2D eigenvalue weighted by Crippen LogP contribution is 2.24. The zero-order valence-electron chi connectivity index (χ0n) is 12.8. The van der Waals surface area contributed by atoms with E-state index in [-0.39, 0.29) is 6.42 Å². The summed E-state index contributed by atoms with van der Waals surface area (Å²) < 4.78 is 5.44. The molecule has 0 aliphatic carbocycles. The van der Waals surface area contributed by atoms with Crippen LogP contribution in [0.3, 0.4) is 0 Å². The molecule has 20 heavy (non-hydrogen) atoms. The number of hydrogen-bond acceptors (Lipinski definition) is 4. The summed E-state index contributed by atoms with van der Waals surface area (Å²) in [5.41, 5.74) is -0.906. The maximum Gasteiger partial charge on any atom is 0.337 e. The van der Waals surface area contributed by atoms with Gasteiger partial charge in [0.05, 0.1) is 5.56 Å². The second-order valence-corrected chi connectivity index (χ2v) is 6.52. The molecular weight excluding hydrogens is 250 g/mol. The Morgan fingerprint density at radius 3 is 2.00 bits per heavy atom. The largest absolute Gasteiger partial charge is 0.474 e. The van der Waals surface area contributed by atoms with Crippen LogP contribution in [-0.4, -0.2) is 71.7 Å². The normalized spacial score (nSPS) is 15.3. The Morgan fingerprint density at radius 2 is 1.55 bits per heavy atom. The van der Waals surface area contributed by atoms with Crippen LogP contribution in [0.25, 0.3) is 0 Å². The van der Waals surface area contributed by atoms with Crippen molar-refractivity contribution in [1.82, 2.24) is 0 Å². The first-order chi connectivity index (χ1) is 8.95. The molecule has 0 saturated heterocycles. The fourth-order valence-electron chi connectivity index (χ4n) is 1.97. The van der Waals surface area contributed by atoms with Crippen LogP contribution < -0.4 is 0 Å². The van der Waals surface area contributed by atoms with Crippen molar-refractivity contribution in [2.75, 3.05) is 0 Å². The molecule has 0 bridgehead atoms. The molecule has 1 aromatic carbocycles. The average molecular weight is 269 g/mol. The highest BCUT2D eigenvalue weighted by molar-refractivity contribution is 6.45. The molecule has 1 rings (SSSR count). The summed E-state index contributed by atoms with van der Waals surface area (Å²) in [6, 6.07) is 8.69. The van der Waals surface area contributed by atoms with E-state index < -0.39 is 22.3 Å². The lowest BCUT2D eigenvalue weighted by atomic mass is 9.44. The van der Waals surface area contributed by atoms with Crippen LogP contribution in [0.4, 0.5) is 0 Å². The molecule has 0 saturated carbocycles. The first-order valence-corrected chi connectivity index (χ1v) is 6.68. The van der Waals surface area contributed by atoms with Crippen LogP contribution >= 0.6 is 0 Å². The molecule has 0 amide bonds. The Bertz CT molecular complexity index is 469. The molecule has 0 aliphatic heterocycles. The Morgan fingerprint density at radius 1 is 1.05 bits per heavy atom. The number of rotatable bonds is 5. The van der Waals surface area contributed by atoms with E-state index >= 15 is 0 Å². The van der Waals surface area contributed by atoms with Gasteiger partial charge in [0.2, 0.25) is 0 Å². The fraction of sp³-hybridized carbons (Fsp3) is 0.364. The predicted octanol–water partition coefficient (Wildman–Crippen LogP) is -4.61. The highest BCUT2D eigenvalue weighted by atomic mass is 16.5. The van der Waals surface area contributed by atoms with Crippen molar-refractivity contribution in [2.24, 2.45) is 0 Å². The van der Waals surface area contributed by atoms with Crippen molar-refractivity contribution in [1.29, 1.82) is 0 Å². The van der Waals surface area contributed by atoms with Crippen LogP contribution in [0.1, 0.15) is 16.8 Å². The molecule has 1 unspecified atom stereocenters. The summed E-state index contributed by atoms with van der Waals surface area (Å²) in [4.78, 5) is 12.0. The molecular formula is C11H19B5O4. The first kappa shape index (κ1) is 17.0. The van der Waals surface area contributed by atoms with Gasteiger partial charge in [-0.15, -0.1) is 0 Å². The Balaban J connectivity index is 2.78. The maximum atomic E-state index is 12.0. The summed E-state index contributed by atoms with van der Waals surface area (Å²) in [5.74, 6) is -0.442. The Kier molecular flexibility index (Phi) is 4.88. The van der Waals surface area contributed by atoms with E-state index in [9.17, 15) is 15.0 Å². The molecule has 0 heterocycles. The number of hydrogen-bond donors (Lipinski definition) is 2. The lowest BCUT2D eigenvalue weighted by Gasteiger charge is -2.42. The van der Waals surface area contributed by atoms with E-state index in [4.69, 9.17) is 4.74 Å². The minimum Gasteiger partial charge on any atom is -0.474 e. The van der Waals surface area contributed by atoms with Gasteiger partial charge < -0.3 is 14.9 Å². The smallest absolute Gasteiger partial charge is 0.337 e. The molecule has 0 aliphatic rings. The van der Waals surface area contributed by atoms with Crippen LogP contribution in [0.5, 0.6) is 0 Å². The SMILES string of the molecule is BC(B)(CC(B)(O)C(B)(B)O)OC(=O)c1ccccc1. The zero-order chi connectivity index (χ0) is 15.6. The third kappa shape index (κ3) is 4.49. The summed E-state index contributed by atoms with van der Waals surface area (Å²) >= 11 is 0. The highest BCUT2D eigenvalue weighted by Gasteiger charge is 2.42. The van der Waals surface area contributed by atoms with Crippen molar-refractivity contribution >= 4 is 45.2 Å². The van der Waals surface area contributed by atoms with Gasteiger partial charge in [-0.1, -0.05) is 18.2 Å². The number of carbonyl (C=O) groups is 1. The van der Waals surface area contributed by atoms with Crippen molar-refractivity contribution in [3.05, 3.63) is 35.9 Å². The molecule has 1 aromatic rings. The van der Waals surface area contributed by atoms with Crippen molar-refractivity contribution in [3.8, 4) is 0 Å². The summed E-state index contributed by atoms with van der Waals surface area (Å²) in [7, 11) is 8.03. The van der Waals surface area contributed by atoms with E-state index in [1.165, 1.54) is 23.5 Å². The van der Waals surface area contributed by atoms with Gasteiger partial charge in [0.15, 0.2) is 0 Å². The van der Waals surface area contributed by atoms with Gasteiger partial charge in [0, 0.05) is 16.3 Å². The van der Waals surface area contributed by atoms with E-state index in [1.807, 2.05) is 6.07 Å². The number of ether oxygens (including phenoxy) is 1. The summed E-state index contributed by atoms with van der Waals surface area (Å²) in [6.45, 7) is 0. The second kappa shape index (κ2) is 5.74. The van der Waals surface area contributed by atoms with E-state index in [1.54, 1.807) is 40.0 Å². The van der Waals surface area contributed by atoms with E-state index in [2.05, 4.69) is 0 Å². The lowest BCUT2D eigenvalue weighted by molar-refractivity contribution is -0.0305. The molecule has 9 heteroatoms. The van der Waals surface area contributed by atoms with Crippen LogP contribution in [0, 0.1) is 0 Å². The lowest BCUT2D eigenvalue weighted by Crippen LogP contribution is -2.60.